The van der Waals surface area contributed by atoms with Gasteiger partial charge in [-0.15, -0.1) is 11.3 Å². The van der Waals surface area contributed by atoms with Gasteiger partial charge in [-0.25, -0.2) is 0 Å². The molecule has 1 aromatic carbocycles. The second kappa shape index (κ2) is 7.49. The van der Waals surface area contributed by atoms with Crippen LogP contribution in [0.2, 0.25) is 0 Å². The molecule has 1 fully saturated rings. The van der Waals surface area contributed by atoms with E-state index in [1.54, 1.807) is 23.5 Å². The van der Waals surface area contributed by atoms with E-state index in [1.807, 2.05) is 30.5 Å². The van der Waals surface area contributed by atoms with Gasteiger partial charge in [0.05, 0.1) is 12.2 Å². The lowest BCUT2D eigenvalue weighted by Gasteiger charge is -2.12. The van der Waals surface area contributed by atoms with Gasteiger partial charge in [0.15, 0.2) is 6.61 Å². The molecule has 1 aliphatic rings. The van der Waals surface area contributed by atoms with Crippen molar-refractivity contribution in [3.05, 3.63) is 46.2 Å². The number of amides is 2. The van der Waals surface area contributed by atoms with Gasteiger partial charge in [-0.2, -0.15) is 0 Å². The molecule has 6 heteroatoms. The molecule has 2 N–H and O–H groups in total. The van der Waals surface area contributed by atoms with Crippen molar-refractivity contribution in [1.82, 2.24) is 5.32 Å². The second-order valence-electron chi connectivity index (χ2n) is 5.85. The van der Waals surface area contributed by atoms with Crippen molar-refractivity contribution >= 4 is 28.8 Å². The maximum atomic E-state index is 12.0. The van der Waals surface area contributed by atoms with Crippen molar-refractivity contribution in [1.29, 1.82) is 0 Å². The SMILES string of the molecule is Cc1ccsc1CNC(=O)COc1ccccc1NC(=O)C1CC1. The summed E-state index contributed by atoms with van der Waals surface area (Å²) in [5, 5.41) is 7.71. The molecule has 0 aliphatic heterocycles. The summed E-state index contributed by atoms with van der Waals surface area (Å²) >= 11 is 1.62. The van der Waals surface area contributed by atoms with E-state index in [9.17, 15) is 9.59 Å². The normalized spacial score (nSPS) is 13.4. The van der Waals surface area contributed by atoms with E-state index in [-0.39, 0.29) is 24.3 Å². The predicted octanol–water partition coefficient (Wildman–Crippen LogP) is 3.10. The molecule has 2 aromatic rings. The Labute approximate surface area is 145 Å². The summed E-state index contributed by atoms with van der Waals surface area (Å²) in [4.78, 5) is 25.0. The number of aryl methyl sites for hydroxylation is 1. The van der Waals surface area contributed by atoms with Gasteiger partial charge in [0.2, 0.25) is 5.91 Å². The molecule has 5 nitrogen and oxygen atoms in total. The maximum Gasteiger partial charge on any atom is 0.258 e. The summed E-state index contributed by atoms with van der Waals surface area (Å²) in [6.07, 6.45) is 1.89. The zero-order chi connectivity index (χ0) is 16.9. The molecule has 1 heterocycles. The van der Waals surface area contributed by atoms with Crippen LogP contribution in [0, 0.1) is 12.8 Å². The van der Waals surface area contributed by atoms with Crippen molar-refractivity contribution in [2.24, 2.45) is 5.92 Å². The lowest BCUT2D eigenvalue weighted by Crippen LogP contribution is -2.28. The molecule has 0 spiro atoms. The highest BCUT2D eigenvalue weighted by Gasteiger charge is 2.30. The van der Waals surface area contributed by atoms with Gasteiger partial charge < -0.3 is 15.4 Å². The van der Waals surface area contributed by atoms with E-state index in [0.29, 0.717) is 18.0 Å². The van der Waals surface area contributed by atoms with Crippen molar-refractivity contribution in [3.63, 3.8) is 0 Å². The van der Waals surface area contributed by atoms with Crippen LogP contribution < -0.4 is 15.4 Å². The maximum absolute atomic E-state index is 12.0. The van der Waals surface area contributed by atoms with Crippen LogP contribution in [0.25, 0.3) is 0 Å². The molecule has 126 valence electrons. The van der Waals surface area contributed by atoms with Crippen molar-refractivity contribution in [2.45, 2.75) is 26.3 Å². The van der Waals surface area contributed by atoms with E-state index in [0.717, 1.165) is 17.7 Å². The number of rotatable bonds is 7. The first-order valence-electron chi connectivity index (χ1n) is 7.96. The molecule has 1 saturated carbocycles. The molecule has 0 saturated heterocycles. The van der Waals surface area contributed by atoms with Crippen LogP contribution in [0.3, 0.4) is 0 Å². The number of carbonyl (C=O) groups excluding carboxylic acids is 2. The lowest BCUT2D eigenvalue weighted by atomic mass is 10.2. The third-order valence-electron chi connectivity index (χ3n) is 3.87. The Morgan fingerprint density at radius 1 is 1.25 bits per heavy atom. The van der Waals surface area contributed by atoms with Crippen LogP contribution in [0.4, 0.5) is 5.69 Å². The minimum Gasteiger partial charge on any atom is -0.482 e. The molecular weight excluding hydrogens is 324 g/mol. The summed E-state index contributed by atoms with van der Waals surface area (Å²) in [6, 6.07) is 9.20. The van der Waals surface area contributed by atoms with Crippen LogP contribution in [0.1, 0.15) is 23.3 Å². The summed E-state index contributed by atoms with van der Waals surface area (Å²) in [7, 11) is 0. The number of para-hydroxylation sites is 2. The predicted molar refractivity (Wildman–Crippen MR) is 94.2 cm³/mol. The minimum atomic E-state index is -0.189. The fourth-order valence-corrected chi connectivity index (χ4v) is 3.08. The molecular formula is C18H20N2O3S. The number of carbonyl (C=O) groups is 2. The van der Waals surface area contributed by atoms with Crippen LogP contribution >= 0.6 is 11.3 Å². The summed E-state index contributed by atoms with van der Waals surface area (Å²) in [6.45, 7) is 2.44. The van der Waals surface area contributed by atoms with Gasteiger partial charge in [-0.05, 0) is 48.9 Å². The zero-order valence-corrected chi connectivity index (χ0v) is 14.3. The fraction of sp³-hybridized carbons (Fsp3) is 0.333. The summed E-state index contributed by atoms with van der Waals surface area (Å²) < 4.78 is 5.58. The van der Waals surface area contributed by atoms with Gasteiger partial charge >= 0.3 is 0 Å². The van der Waals surface area contributed by atoms with E-state index >= 15 is 0 Å². The number of nitrogens with one attached hydrogen (secondary N) is 2. The molecule has 24 heavy (non-hydrogen) atoms. The molecule has 3 rings (SSSR count). The van der Waals surface area contributed by atoms with Gasteiger partial charge in [-0.3, -0.25) is 9.59 Å². The minimum absolute atomic E-state index is 0.0173. The molecule has 1 aromatic heterocycles. The molecule has 0 atom stereocenters. The quantitative estimate of drug-likeness (QED) is 0.811. The van der Waals surface area contributed by atoms with Gasteiger partial charge in [0, 0.05) is 10.8 Å². The Hall–Kier alpha value is -2.34. The van der Waals surface area contributed by atoms with Crippen molar-refractivity contribution < 1.29 is 14.3 Å². The Morgan fingerprint density at radius 2 is 2.04 bits per heavy atom. The van der Waals surface area contributed by atoms with Crippen LogP contribution in [0.5, 0.6) is 5.75 Å². The standard InChI is InChI=1S/C18H20N2O3S/c1-12-8-9-24-16(12)10-19-17(21)11-23-15-5-3-2-4-14(15)20-18(22)13-6-7-13/h2-5,8-9,13H,6-7,10-11H2,1H3,(H,19,21)(H,20,22). The van der Waals surface area contributed by atoms with E-state index < -0.39 is 0 Å². The summed E-state index contributed by atoms with van der Waals surface area (Å²) in [5.41, 5.74) is 1.78. The third-order valence-corrected chi connectivity index (χ3v) is 4.89. The van der Waals surface area contributed by atoms with Crippen LogP contribution in [-0.2, 0) is 16.1 Å². The van der Waals surface area contributed by atoms with E-state index in [1.165, 1.54) is 5.56 Å². The largest absolute Gasteiger partial charge is 0.482 e. The monoisotopic (exact) mass is 344 g/mol. The Balaban J connectivity index is 1.51. The van der Waals surface area contributed by atoms with Crippen molar-refractivity contribution in [2.75, 3.05) is 11.9 Å². The van der Waals surface area contributed by atoms with Crippen molar-refractivity contribution in [3.8, 4) is 5.75 Å². The number of thiophene rings is 1. The highest BCUT2D eigenvalue weighted by molar-refractivity contribution is 7.10. The number of hydrogen-bond donors (Lipinski definition) is 2. The molecule has 0 radical (unpaired) electrons. The molecule has 0 unspecified atom stereocenters. The highest BCUT2D eigenvalue weighted by Crippen LogP contribution is 2.32. The fourth-order valence-electron chi connectivity index (χ4n) is 2.23. The first kappa shape index (κ1) is 16.5. The average Bonchev–Trinajstić information content (AvgIpc) is 3.35. The number of benzene rings is 1. The number of anilines is 1. The molecule has 0 bridgehead atoms. The van der Waals surface area contributed by atoms with E-state index in [2.05, 4.69) is 10.6 Å². The first-order chi connectivity index (χ1) is 11.6. The topological polar surface area (TPSA) is 67.4 Å². The van der Waals surface area contributed by atoms with E-state index in [4.69, 9.17) is 4.74 Å². The molecule has 1 aliphatic carbocycles. The number of ether oxygens (including phenoxy) is 1. The third kappa shape index (κ3) is 4.35. The second-order valence-corrected chi connectivity index (χ2v) is 6.85. The van der Waals surface area contributed by atoms with Crippen LogP contribution in [0.15, 0.2) is 35.7 Å². The first-order valence-corrected chi connectivity index (χ1v) is 8.84. The van der Waals surface area contributed by atoms with Gasteiger partial charge in [0.25, 0.3) is 5.91 Å². The van der Waals surface area contributed by atoms with Gasteiger partial charge in [0.1, 0.15) is 5.75 Å². The smallest absolute Gasteiger partial charge is 0.258 e. The number of hydrogen-bond acceptors (Lipinski definition) is 4. The lowest BCUT2D eigenvalue weighted by molar-refractivity contribution is -0.123. The highest BCUT2D eigenvalue weighted by atomic mass is 32.1. The summed E-state index contributed by atoms with van der Waals surface area (Å²) in [5.74, 6) is 0.458. The zero-order valence-electron chi connectivity index (χ0n) is 13.5. The molecule has 2 amide bonds. The van der Waals surface area contributed by atoms with Gasteiger partial charge in [-0.1, -0.05) is 12.1 Å². The Bertz CT molecular complexity index is 737. The Morgan fingerprint density at radius 3 is 2.75 bits per heavy atom. The average molecular weight is 344 g/mol. The van der Waals surface area contributed by atoms with Crippen LogP contribution in [-0.4, -0.2) is 18.4 Å². The Kier molecular flexibility index (Phi) is 5.15.